The Morgan fingerprint density at radius 3 is 2.64 bits per heavy atom. The van der Waals surface area contributed by atoms with Gasteiger partial charge < -0.3 is 15.0 Å². The summed E-state index contributed by atoms with van der Waals surface area (Å²) in [7, 11) is 1.68. The Hall–Kier alpha value is -0.940. The van der Waals surface area contributed by atoms with Crippen molar-refractivity contribution in [2.75, 3.05) is 13.7 Å². The van der Waals surface area contributed by atoms with Gasteiger partial charge in [-0.3, -0.25) is 0 Å². The lowest BCUT2D eigenvalue weighted by atomic mass is 10.4. The molecule has 0 unspecified atom stereocenters. The van der Waals surface area contributed by atoms with Crippen LogP contribution in [0.2, 0.25) is 0 Å². The third-order valence-corrected chi connectivity index (χ3v) is 2.06. The lowest BCUT2D eigenvalue weighted by Gasteiger charge is -2.07. The molecular weight excluding hydrogens is 180 g/mol. The maximum Gasteiger partial charge on any atom is 0.146 e. The molecule has 0 aliphatic heterocycles. The second kappa shape index (κ2) is 5.72. The van der Waals surface area contributed by atoms with Crippen LogP contribution in [0.3, 0.4) is 0 Å². The van der Waals surface area contributed by atoms with Gasteiger partial charge in [0.2, 0.25) is 0 Å². The fourth-order valence-corrected chi connectivity index (χ4v) is 1.38. The van der Waals surface area contributed by atoms with Crippen molar-refractivity contribution in [2.45, 2.75) is 32.9 Å². The number of ether oxygens (including phenoxy) is 1. The first-order valence-electron chi connectivity index (χ1n) is 4.93. The smallest absolute Gasteiger partial charge is 0.146 e. The van der Waals surface area contributed by atoms with Crippen LogP contribution in [0, 0.1) is 0 Å². The van der Waals surface area contributed by atoms with Gasteiger partial charge in [-0.05, 0) is 6.42 Å². The van der Waals surface area contributed by atoms with E-state index >= 15 is 0 Å². The first-order chi connectivity index (χ1) is 6.83. The average molecular weight is 198 g/mol. The molecule has 14 heavy (non-hydrogen) atoms. The molecule has 0 saturated carbocycles. The van der Waals surface area contributed by atoms with Crippen molar-refractivity contribution in [3.05, 3.63) is 11.6 Å². The van der Waals surface area contributed by atoms with Crippen molar-refractivity contribution in [1.82, 2.24) is 14.8 Å². The topological polar surface area (TPSA) is 66.0 Å². The number of nitrogens with two attached hydrogens (primary N) is 1. The summed E-state index contributed by atoms with van der Waals surface area (Å²) in [6.07, 6.45) is 1.86. The van der Waals surface area contributed by atoms with E-state index in [2.05, 4.69) is 21.7 Å². The van der Waals surface area contributed by atoms with Crippen LogP contribution in [0.5, 0.6) is 0 Å². The van der Waals surface area contributed by atoms with Gasteiger partial charge in [0.05, 0.1) is 13.2 Å². The number of aromatic nitrogens is 3. The van der Waals surface area contributed by atoms with E-state index in [-0.39, 0.29) is 0 Å². The molecule has 2 N–H and O–H groups in total. The van der Waals surface area contributed by atoms with Gasteiger partial charge in [-0.1, -0.05) is 6.92 Å². The summed E-state index contributed by atoms with van der Waals surface area (Å²) in [6.45, 7) is 4.17. The second-order valence-electron chi connectivity index (χ2n) is 3.13. The standard InChI is InChI=1S/C9H18N4O/c1-3-5-13-8(4-6-14-2)11-12-9(13)7-10/h3-7,10H2,1-2H3. The highest BCUT2D eigenvalue weighted by Crippen LogP contribution is 2.04. The molecule has 0 aromatic carbocycles. The maximum absolute atomic E-state index is 5.57. The molecule has 0 amide bonds. The van der Waals surface area contributed by atoms with Crippen LogP contribution in [0.25, 0.3) is 0 Å². The van der Waals surface area contributed by atoms with Crippen LogP contribution in [0.15, 0.2) is 0 Å². The summed E-state index contributed by atoms with van der Waals surface area (Å²) in [4.78, 5) is 0. The molecule has 1 aromatic heterocycles. The Bertz CT molecular complexity index is 272. The predicted octanol–water partition coefficient (Wildman–Crippen LogP) is 0.336. The van der Waals surface area contributed by atoms with Gasteiger partial charge in [-0.15, -0.1) is 10.2 Å². The molecule has 0 aliphatic carbocycles. The van der Waals surface area contributed by atoms with Crippen LogP contribution >= 0.6 is 0 Å². The first kappa shape index (κ1) is 11.1. The Labute approximate surface area is 84.3 Å². The first-order valence-corrected chi connectivity index (χ1v) is 4.93. The molecule has 0 aliphatic rings. The van der Waals surface area contributed by atoms with Crippen molar-refractivity contribution in [1.29, 1.82) is 0 Å². The minimum atomic E-state index is 0.444. The zero-order valence-electron chi connectivity index (χ0n) is 8.86. The average Bonchev–Trinajstić information content (AvgIpc) is 2.58. The highest BCUT2D eigenvalue weighted by Gasteiger charge is 2.08. The number of rotatable bonds is 6. The Balaban J connectivity index is 2.75. The number of hydrogen-bond acceptors (Lipinski definition) is 4. The summed E-state index contributed by atoms with van der Waals surface area (Å²) in [5.41, 5.74) is 5.57. The normalized spacial score (nSPS) is 10.8. The predicted molar refractivity (Wildman–Crippen MR) is 53.8 cm³/mol. The zero-order valence-corrected chi connectivity index (χ0v) is 8.86. The molecule has 1 heterocycles. The number of methoxy groups -OCH3 is 1. The second-order valence-corrected chi connectivity index (χ2v) is 3.13. The Kier molecular flexibility index (Phi) is 4.55. The lowest BCUT2D eigenvalue weighted by molar-refractivity contribution is 0.199. The molecule has 0 atom stereocenters. The Morgan fingerprint density at radius 1 is 1.36 bits per heavy atom. The van der Waals surface area contributed by atoms with E-state index in [1.54, 1.807) is 7.11 Å². The lowest BCUT2D eigenvalue weighted by Crippen LogP contribution is -2.12. The highest BCUT2D eigenvalue weighted by atomic mass is 16.5. The van der Waals surface area contributed by atoms with E-state index in [1.807, 2.05) is 0 Å². The van der Waals surface area contributed by atoms with Crippen molar-refractivity contribution in [3.63, 3.8) is 0 Å². The van der Waals surface area contributed by atoms with Crippen LogP contribution in [0.1, 0.15) is 25.0 Å². The van der Waals surface area contributed by atoms with Crippen molar-refractivity contribution >= 4 is 0 Å². The molecule has 0 bridgehead atoms. The van der Waals surface area contributed by atoms with Gasteiger partial charge in [0.1, 0.15) is 11.6 Å². The molecule has 5 heteroatoms. The van der Waals surface area contributed by atoms with Gasteiger partial charge in [0, 0.05) is 20.1 Å². The summed E-state index contributed by atoms with van der Waals surface area (Å²) in [5, 5.41) is 8.13. The molecule has 0 spiro atoms. The fraction of sp³-hybridized carbons (Fsp3) is 0.778. The Morgan fingerprint density at radius 2 is 2.07 bits per heavy atom. The van der Waals surface area contributed by atoms with Crippen LogP contribution in [0.4, 0.5) is 0 Å². The molecular formula is C9H18N4O. The van der Waals surface area contributed by atoms with Crippen LogP contribution < -0.4 is 5.73 Å². The summed E-state index contributed by atoms with van der Waals surface area (Å²) >= 11 is 0. The molecule has 0 radical (unpaired) electrons. The number of nitrogens with zero attached hydrogens (tertiary/aromatic N) is 3. The number of hydrogen-bond donors (Lipinski definition) is 1. The fourth-order valence-electron chi connectivity index (χ4n) is 1.38. The van der Waals surface area contributed by atoms with Crippen molar-refractivity contribution in [2.24, 2.45) is 5.73 Å². The largest absolute Gasteiger partial charge is 0.384 e. The maximum atomic E-state index is 5.57. The molecule has 1 aromatic rings. The van der Waals surface area contributed by atoms with Crippen LogP contribution in [-0.2, 0) is 24.2 Å². The van der Waals surface area contributed by atoms with Gasteiger partial charge in [0.15, 0.2) is 0 Å². The molecule has 1 rings (SSSR count). The van der Waals surface area contributed by atoms with Gasteiger partial charge in [-0.2, -0.15) is 0 Å². The molecule has 80 valence electrons. The third-order valence-electron chi connectivity index (χ3n) is 2.06. The third kappa shape index (κ3) is 2.52. The summed E-state index contributed by atoms with van der Waals surface area (Å²) in [5.74, 6) is 1.83. The van der Waals surface area contributed by atoms with Crippen LogP contribution in [-0.4, -0.2) is 28.5 Å². The zero-order chi connectivity index (χ0) is 10.4. The van der Waals surface area contributed by atoms with E-state index in [4.69, 9.17) is 10.5 Å². The van der Waals surface area contributed by atoms with E-state index in [1.165, 1.54) is 0 Å². The molecule has 0 saturated heterocycles. The van der Waals surface area contributed by atoms with E-state index in [9.17, 15) is 0 Å². The highest BCUT2D eigenvalue weighted by molar-refractivity contribution is 4.95. The summed E-state index contributed by atoms with van der Waals surface area (Å²) < 4.78 is 7.09. The molecule has 0 fully saturated rings. The van der Waals surface area contributed by atoms with Gasteiger partial charge >= 0.3 is 0 Å². The minimum absolute atomic E-state index is 0.444. The van der Waals surface area contributed by atoms with Gasteiger partial charge in [-0.25, -0.2) is 0 Å². The molecule has 5 nitrogen and oxygen atoms in total. The monoisotopic (exact) mass is 198 g/mol. The summed E-state index contributed by atoms with van der Waals surface area (Å²) in [6, 6.07) is 0. The quantitative estimate of drug-likeness (QED) is 0.715. The van der Waals surface area contributed by atoms with E-state index < -0.39 is 0 Å². The minimum Gasteiger partial charge on any atom is -0.384 e. The van der Waals surface area contributed by atoms with E-state index in [0.717, 1.165) is 31.0 Å². The van der Waals surface area contributed by atoms with Crippen molar-refractivity contribution < 1.29 is 4.74 Å². The van der Waals surface area contributed by atoms with Gasteiger partial charge in [0.25, 0.3) is 0 Å². The SMILES string of the molecule is CCCn1c(CN)nnc1CCOC. The van der Waals surface area contributed by atoms with E-state index in [0.29, 0.717) is 13.2 Å². The van der Waals surface area contributed by atoms with Crippen molar-refractivity contribution in [3.8, 4) is 0 Å².